The van der Waals surface area contributed by atoms with Crippen molar-refractivity contribution in [1.29, 1.82) is 0 Å². The van der Waals surface area contributed by atoms with Gasteiger partial charge >= 0.3 is 6.09 Å². The quantitative estimate of drug-likeness (QED) is 0.302. The summed E-state index contributed by atoms with van der Waals surface area (Å²) >= 11 is 3.78. The summed E-state index contributed by atoms with van der Waals surface area (Å²) in [7, 11) is 0. The van der Waals surface area contributed by atoms with Crippen LogP contribution in [-0.2, 0) is 4.74 Å². The van der Waals surface area contributed by atoms with Crippen LogP contribution < -0.4 is 10.6 Å². The maximum atomic E-state index is 11.9. The van der Waals surface area contributed by atoms with Crippen molar-refractivity contribution in [3.8, 4) is 10.6 Å². The molecule has 35 heavy (non-hydrogen) atoms. The van der Waals surface area contributed by atoms with Crippen LogP contribution in [0.5, 0.6) is 0 Å². The zero-order valence-corrected chi connectivity index (χ0v) is 22.1. The third-order valence-corrected chi connectivity index (χ3v) is 8.92. The predicted octanol–water partition coefficient (Wildman–Crippen LogP) is 7.00. The number of H-pyrrole nitrogens is 1. The van der Waals surface area contributed by atoms with Crippen molar-refractivity contribution in [1.82, 2.24) is 20.5 Å². The molecule has 0 bridgehead atoms. The molecule has 0 aliphatic heterocycles. The van der Waals surface area contributed by atoms with Crippen LogP contribution in [0.4, 0.5) is 16.3 Å². The number of hydrogen-bond acceptors (Lipinski definition) is 7. The first-order valence-corrected chi connectivity index (χ1v) is 14.2. The molecule has 2 fully saturated rings. The minimum Gasteiger partial charge on any atom is -0.447 e. The van der Waals surface area contributed by atoms with Gasteiger partial charge in [0.05, 0.1) is 6.10 Å². The van der Waals surface area contributed by atoms with Crippen molar-refractivity contribution >= 4 is 40.7 Å². The Hall–Kier alpha value is -2.52. The first-order chi connectivity index (χ1) is 16.9. The Balaban J connectivity index is 1.26. The second kappa shape index (κ2) is 10.6. The van der Waals surface area contributed by atoms with E-state index in [1.807, 2.05) is 49.9 Å². The molecule has 2 saturated carbocycles. The second-order valence-corrected chi connectivity index (χ2v) is 12.2. The van der Waals surface area contributed by atoms with Crippen molar-refractivity contribution in [3.05, 3.63) is 41.0 Å². The van der Waals surface area contributed by atoms with Gasteiger partial charge in [-0.2, -0.15) is 5.10 Å². The number of aromatic nitrogens is 3. The lowest BCUT2D eigenvalue weighted by Gasteiger charge is -2.28. The molecule has 2 aromatic heterocycles. The van der Waals surface area contributed by atoms with Crippen molar-refractivity contribution in [2.24, 2.45) is 0 Å². The highest BCUT2D eigenvalue weighted by Crippen LogP contribution is 2.46. The standard InChI is InChI=1S/C26H33N5O2S2/c1-15(2)33-26(32)29-18-6-4-17(5-7-18)23-14-27-25(35-23)21-11-8-19(13-22(21)34-20-9-10-20)28-24-12-16(3)30-31-24/h8,11-15,17-18,20H,4-7,9-10H2,1-3H3,(H,29,32)(H2,28,30,31)/t17-,18+. The summed E-state index contributed by atoms with van der Waals surface area (Å²) in [6.45, 7) is 5.74. The van der Waals surface area contributed by atoms with Crippen LogP contribution >= 0.6 is 23.1 Å². The average molecular weight is 512 g/mol. The number of anilines is 2. The number of aryl methyl sites for hydroxylation is 1. The van der Waals surface area contributed by atoms with Gasteiger partial charge in [0.2, 0.25) is 0 Å². The number of hydrogen-bond donors (Lipinski definition) is 3. The highest BCUT2D eigenvalue weighted by molar-refractivity contribution is 8.00. The number of carbonyl (C=O) groups excluding carboxylic acids is 1. The van der Waals surface area contributed by atoms with E-state index in [4.69, 9.17) is 9.72 Å². The van der Waals surface area contributed by atoms with Gasteiger partial charge < -0.3 is 15.4 Å². The van der Waals surface area contributed by atoms with Crippen LogP contribution in [0.25, 0.3) is 10.6 Å². The first-order valence-electron chi connectivity index (χ1n) is 12.5. The lowest BCUT2D eigenvalue weighted by molar-refractivity contribution is 0.109. The molecule has 5 rings (SSSR count). The van der Waals surface area contributed by atoms with E-state index in [1.54, 1.807) is 0 Å². The number of thiazole rings is 1. The molecular formula is C26H33N5O2S2. The number of ether oxygens (including phenoxy) is 1. The SMILES string of the molecule is Cc1cc(Nc2ccc(-c3ncc([C@H]4CC[C@@H](NC(=O)OC(C)C)CC4)s3)c(SC3CC3)c2)n[nH]1. The second-order valence-electron chi connectivity index (χ2n) is 9.80. The Kier molecular flexibility index (Phi) is 7.34. The van der Waals surface area contributed by atoms with Gasteiger partial charge in [0, 0.05) is 50.3 Å². The minimum atomic E-state index is -0.301. The van der Waals surface area contributed by atoms with Gasteiger partial charge in [-0.15, -0.1) is 23.1 Å². The fourth-order valence-corrected chi connectivity index (χ4v) is 6.81. The Bertz CT molecular complexity index is 1160. The van der Waals surface area contributed by atoms with E-state index < -0.39 is 0 Å². The molecule has 0 atom stereocenters. The van der Waals surface area contributed by atoms with E-state index in [0.717, 1.165) is 47.9 Å². The molecule has 0 radical (unpaired) electrons. The van der Waals surface area contributed by atoms with Crippen molar-refractivity contribution in [2.45, 2.75) is 87.5 Å². The normalized spacial score (nSPS) is 20.1. The van der Waals surface area contributed by atoms with Crippen molar-refractivity contribution in [3.63, 3.8) is 0 Å². The van der Waals surface area contributed by atoms with Gasteiger partial charge in [-0.05, 0) is 83.4 Å². The largest absolute Gasteiger partial charge is 0.447 e. The third kappa shape index (κ3) is 6.38. The molecule has 1 aromatic carbocycles. The van der Waals surface area contributed by atoms with E-state index in [0.29, 0.717) is 11.2 Å². The Morgan fingerprint density at radius 3 is 2.66 bits per heavy atom. The summed E-state index contributed by atoms with van der Waals surface area (Å²) in [4.78, 5) is 19.4. The van der Waals surface area contributed by atoms with Gasteiger partial charge in [0.25, 0.3) is 0 Å². The van der Waals surface area contributed by atoms with E-state index >= 15 is 0 Å². The maximum Gasteiger partial charge on any atom is 0.407 e. The molecule has 3 aromatic rings. The van der Waals surface area contributed by atoms with Crippen LogP contribution in [-0.4, -0.2) is 38.7 Å². The highest BCUT2D eigenvalue weighted by atomic mass is 32.2. The first kappa shape index (κ1) is 24.2. The van der Waals surface area contributed by atoms with Gasteiger partial charge in [0.15, 0.2) is 5.82 Å². The van der Waals surface area contributed by atoms with Crippen LogP contribution in [0, 0.1) is 6.92 Å². The molecule has 2 aliphatic carbocycles. The number of alkyl carbamates (subject to hydrolysis) is 1. The Morgan fingerprint density at radius 2 is 1.97 bits per heavy atom. The fraction of sp³-hybridized carbons (Fsp3) is 0.500. The van der Waals surface area contributed by atoms with Gasteiger partial charge in [0.1, 0.15) is 5.01 Å². The van der Waals surface area contributed by atoms with E-state index in [9.17, 15) is 4.79 Å². The molecule has 0 spiro atoms. The minimum absolute atomic E-state index is 0.0933. The number of benzene rings is 1. The Labute approximate surface area is 214 Å². The summed E-state index contributed by atoms with van der Waals surface area (Å²) in [6, 6.07) is 8.74. The van der Waals surface area contributed by atoms with Crippen LogP contribution in [0.2, 0.25) is 0 Å². The molecule has 1 amide bonds. The van der Waals surface area contributed by atoms with Crippen LogP contribution in [0.1, 0.15) is 68.9 Å². The molecule has 0 unspecified atom stereocenters. The lowest BCUT2D eigenvalue weighted by Crippen LogP contribution is -2.38. The average Bonchev–Trinajstić information content (AvgIpc) is 3.32. The van der Waals surface area contributed by atoms with Crippen molar-refractivity contribution in [2.75, 3.05) is 5.32 Å². The molecule has 186 valence electrons. The summed E-state index contributed by atoms with van der Waals surface area (Å²) < 4.78 is 5.23. The topological polar surface area (TPSA) is 91.9 Å². The summed E-state index contributed by atoms with van der Waals surface area (Å²) in [5.74, 6) is 1.33. The smallest absolute Gasteiger partial charge is 0.407 e. The number of carbonyl (C=O) groups is 1. The monoisotopic (exact) mass is 511 g/mol. The maximum absolute atomic E-state index is 11.9. The van der Waals surface area contributed by atoms with Crippen LogP contribution in [0.3, 0.4) is 0 Å². The molecule has 2 aliphatic rings. The van der Waals surface area contributed by atoms with Gasteiger partial charge in [-0.3, -0.25) is 5.10 Å². The zero-order valence-electron chi connectivity index (χ0n) is 20.5. The molecule has 0 saturated heterocycles. The summed E-state index contributed by atoms with van der Waals surface area (Å²) in [5.41, 5.74) is 3.29. The van der Waals surface area contributed by atoms with E-state index in [-0.39, 0.29) is 18.2 Å². The number of rotatable bonds is 8. The molecular weight excluding hydrogens is 478 g/mol. The fourth-order valence-electron chi connectivity index (χ4n) is 4.41. The summed E-state index contributed by atoms with van der Waals surface area (Å²) in [5, 5.41) is 15.5. The lowest BCUT2D eigenvalue weighted by atomic mass is 9.85. The zero-order chi connectivity index (χ0) is 24.4. The highest BCUT2D eigenvalue weighted by Gasteiger charge is 2.27. The Morgan fingerprint density at radius 1 is 1.17 bits per heavy atom. The number of nitrogens with one attached hydrogen (secondary N) is 3. The molecule has 9 heteroatoms. The number of thioether (sulfide) groups is 1. The van der Waals surface area contributed by atoms with E-state index in [2.05, 4.69) is 45.2 Å². The molecule has 2 heterocycles. The number of nitrogens with zero attached hydrogens (tertiary/aromatic N) is 2. The number of aromatic amines is 1. The summed E-state index contributed by atoms with van der Waals surface area (Å²) in [6.07, 6.45) is 8.30. The van der Waals surface area contributed by atoms with Gasteiger partial charge in [-0.25, -0.2) is 9.78 Å². The third-order valence-electron chi connectivity index (χ3n) is 6.33. The van der Waals surface area contributed by atoms with E-state index in [1.165, 1.54) is 28.2 Å². The van der Waals surface area contributed by atoms with Gasteiger partial charge in [-0.1, -0.05) is 0 Å². The van der Waals surface area contributed by atoms with Crippen LogP contribution in [0.15, 0.2) is 35.4 Å². The number of amides is 1. The molecule has 3 N–H and O–H groups in total. The predicted molar refractivity (Wildman–Crippen MR) is 143 cm³/mol. The van der Waals surface area contributed by atoms with Crippen molar-refractivity contribution < 1.29 is 9.53 Å². The molecule has 7 nitrogen and oxygen atoms in total.